The summed E-state index contributed by atoms with van der Waals surface area (Å²) in [5.41, 5.74) is 2.65. The molecule has 1 aliphatic rings. The molecule has 0 aliphatic carbocycles. The van der Waals surface area contributed by atoms with Crippen molar-refractivity contribution in [2.45, 2.75) is 38.6 Å². The summed E-state index contributed by atoms with van der Waals surface area (Å²) in [5.74, 6) is 8.08. The average molecular weight is 278 g/mol. The van der Waals surface area contributed by atoms with Gasteiger partial charge in [0, 0.05) is 31.6 Å². The van der Waals surface area contributed by atoms with E-state index in [-0.39, 0.29) is 0 Å². The van der Waals surface area contributed by atoms with E-state index in [1.54, 1.807) is 0 Å². The van der Waals surface area contributed by atoms with Crippen LogP contribution in [0, 0.1) is 0 Å². The van der Waals surface area contributed by atoms with Crippen molar-refractivity contribution in [1.29, 1.82) is 0 Å². The van der Waals surface area contributed by atoms with Gasteiger partial charge in [0.25, 0.3) is 0 Å². The summed E-state index contributed by atoms with van der Waals surface area (Å²) in [6, 6.07) is 2.53. The van der Waals surface area contributed by atoms with E-state index in [0.29, 0.717) is 11.9 Å². The third-order valence-electron chi connectivity index (χ3n) is 3.83. The second-order valence-electron chi connectivity index (χ2n) is 5.63. The van der Waals surface area contributed by atoms with Gasteiger partial charge in [0.2, 0.25) is 0 Å². The van der Waals surface area contributed by atoms with E-state index in [2.05, 4.69) is 46.2 Å². The lowest BCUT2D eigenvalue weighted by atomic mass is 10.1. The van der Waals surface area contributed by atoms with Gasteiger partial charge in [0.1, 0.15) is 17.5 Å². The van der Waals surface area contributed by atoms with Gasteiger partial charge in [-0.1, -0.05) is 6.92 Å². The second kappa shape index (κ2) is 6.85. The molecule has 0 bridgehead atoms. The number of aryl methyl sites for hydroxylation is 1. The Balaban J connectivity index is 2.19. The number of hydrazine groups is 1. The first-order chi connectivity index (χ1) is 9.63. The molecule has 0 aromatic carbocycles. The number of nitrogen functional groups attached to an aromatic ring is 1. The number of hydrogen-bond acceptors (Lipinski definition) is 6. The molecule has 1 fully saturated rings. The number of piperidine rings is 1. The van der Waals surface area contributed by atoms with Gasteiger partial charge in [-0.15, -0.1) is 0 Å². The Morgan fingerprint density at radius 1 is 1.45 bits per heavy atom. The summed E-state index contributed by atoms with van der Waals surface area (Å²) in [6.07, 6.45) is 4.36. The molecule has 1 unspecified atom stereocenters. The highest BCUT2D eigenvalue weighted by atomic mass is 15.3. The van der Waals surface area contributed by atoms with Crippen LogP contribution in [0.2, 0.25) is 0 Å². The molecule has 20 heavy (non-hydrogen) atoms. The molecule has 2 heterocycles. The van der Waals surface area contributed by atoms with E-state index in [4.69, 9.17) is 5.84 Å². The van der Waals surface area contributed by atoms with E-state index in [9.17, 15) is 0 Å². The maximum atomic E-state index is 5.52. The minimum Gasteiger partial charge on any atom is -0.355 e. The Morgan fingerprint density at radius 2 is 2.25 bits per heavy atom. The first kappa shape index (κ1) is 15.0. The molecule has 6 nitrogen and oxygen atoms in total. The Kier molecular flexibility index (Phi) is 5.14. The Morgan fingerprint density at radius 3 is 2.90 bits per heavy atom. The third-order valence-corrected chi connectivity index (χ3v) is 3.83. The molecular weight excluding hydrogens is 252 g/mol. The molecule has 0 spiro atoms. The molecule has 2 rings (SSSR count). The van der Waals surface area contributed by atoms with Crippen LogP contribution in [-0.2, 0) is 6.42 Å². The van der Waals surface area contributed by atoms with Gasteiger partial charge >= 0.3 is 0 Å². The maximum Gasteiger partial charge on any atom is 0.145 e. The van der Waals surface area contributed by atoms with Crippen molar-refractivity contribution in [2.75, 3.05) is 37.5 Å². The third kappa shape index (κ3) is 3.58. The number of nitrogens with two attached hydrogens (primary N) is 1. The van der Waals surface area contributed by atoms with Crippen LogP contribution >= 0.6 is 0 Å². The van der Waals surface area contributed by atoms with Crippen molar-refractivity contribution in [3.63, 3.8) is 0 Å². The van der Waals surface area contributed by atoms with E-state index in [0.717, 1.165) is 37.6 Å². The lowest BCUT2D eigenvalue weighted by molar-refractivity contribution is 0.257. The van der Waals surface area contributed by atoms with Gasteiger partial charge in [-0.05, 0) is 33.4 Å². The molecule has 0 saturated carbocycles. The van der Waals surface area contributed by atoms with Crippen molar-refractivity contribution in [1.82, 2.24) is 14.9 Å². The van der Waals surface area contributed by atoms with Crippen molar-refractivity contribution in [3.05, 3.63) is 11.9 Å². The number of likely N-dealkylation sites (N-methyl/N-ethyl adjacent to an activating group) is 1. The first-order valence-corrected chi connectivity index (χ1v) is 7.40. The maximum absolute atomic E-state index is 5.52. The molecular formula is C14H26N6. The van der Waals surface area contributed by atoms with Crippen LogP contribution in [0.4, 0.5) is 11.6 Å². The first-order valence-electron chi connectivity index (χ1n) is 7.40. The van der Waals surface area contributed by atoms with E-state index < -0.39 is 0 Å². The number of nitrogens with zero attached hydrogens (tertiary/aromatic N) is 4. The second-order valence-corrected chi connectivity index (χ2v) is 5.63. The Labute approximate surface area is 121 Å². The highest BCUT2D eigenvalue weighted by Gasteiger charge is 2.23. The van der Waals surface area contributed by atoms with Gasteiger partial charge in [-0.2, -0.15) is 0 Å². The van der Waals surface area contributed by atoms with Crippen molar-refractivity contribution in [2.24, 2.45) is 5.84 Å². The summed E-state index contributed by atoms with van der Waals surface area (Å²) < 4.78 is 0. The monoisotopic (exact) mass is 278 g/mol. The Bertz CT molecular complexity index is 434. The van der Waals surface area contributed by atoms with Crippen molar-refractivity contribution < 1.29 is 0 Å². The molecule has 1 aliphatic heterocycles. The minimum absolute atomic E-state index is 0.586. The molecule has 0 amide bonds. The van der Waals surface area contributed by atoms with Gasteiger partial charge in [0.15, 0.2) is 0 Å². The summed E-state index contributed by atoms with van der Waals surface area (Å²) in [7, 11) is 4.28. The summed E-state index contributed by atoms with van der Waals surface area (Å²) in [6.45, 7) is 4.20. The number of hydrogen-bond donors (Lipinski definition) is 2. The Hall–Kier alpha value is -1.40. The van der Waals surface area contributed by atoms with E-state index >= 15 is 0 Å². The highest BCUT2D eigenvalue weighted by molar-refractivity contribution is 5.49. The van der Waals surface area contributed by atoms with Crippen LogP contribution < -0.4 is 16.2 Å². The quantitative estimate of drug-likeness (QED) is 0.624. The predicted octanol–water partition coefficient (Wildman–Crippen LogP) is 1.25. The fraction of sp³-hybridized carbons (Fsp3) is 0.714. The van der Waals surface area contributed by atoms with Crippen LogP contribution in [0.1, 0.15) is 32.0 Å². The van der Waals surface area contributed by atoms with Crippen LogP contribution in [0.3, 0.4) is 0 Å². The van der Waals surface area contributed by atoms with Gasteiger partial charge in [-0.25, -0.2) is 15.8 Å². The fourth-order valence-corrected chi connectivity index (χ4v) is 2.64. The molecule has 1 atom stereocenters. The molecule has 112 valence electrons. The van der Waals surface area contributed by atoms with Gasteiger partial charge < -0.3 is 15.2 Å². The van der Waals surface area contributed by atoms with Crippen LogP contribution in [0.15, 0.2) is 6.07 Å². The summed E-state index contributed by atoms with van der Waals surface area (Å²) in [5, 5.41) is 0. The van der Waals surface area contributed by atoms with Crippen LogP contribution in [0.25, 0.3) is 0 Å². The minimum atomic E-state index is 0.586. The molecule has 1 aromatic rings. The molecule has 1 saturated heterocycles. The highest BCUT2D eigenvalue weighted by Crippen LogP contribution is 2.22. The lowest BCUT2D eigenvalue weighted by Crippen LogP contribution is -2.45. The van der Waals surface area contributed by atoms with Crippen LogP contribution in [0.5, 0.6) is 0 Å². The summed E-state index contributed by atoms with van der Waals surface area (Å²) >= 11 is 0. The smallest absolute Gasteiger partial charge is 0.145 e. The van der Waals surface area contributed by atoms with E-state index in [1.165, 1.54) is 12.8 Å². The van der Waals surface area contributed by atoms with Gasteiger partial charge in [0.05, 0.1) is 0 Å². The SMILES string of the molecule is CCCc1nc(NN)cc(N2CCCC(N(C)C)C2)n1. The predicted molar refractivity (Wildman–Crippen MR) is 82.8 cm³/mol. The van der Waals surface area contributed by atoms with Crippen molar-refractivity contribution >= 4 is 11.6 Å². The largest absolute Gasteiger partial charge is 0.355 e. The summed E-state index contributed by atoms with van der Waals surface area (Å²) in [4.78, 5) is 13.7. The van der Waals surface area contributed by atoms with Gasteiger partial charge in [-0.3, -0.25) is 0 Å². The zero-order valence-corrected chi connectivity index (χ0v) is 12.8. The topological polar surface area (TPSA) is 70.3 Å². The lowest BCUT2D eigenvalue weighted by Gasteiger charge is -2.37. The van der Waals surface area contributed by atoms with E-state index in [1.807, 2.05) is 6.07 Å². The zero-order valence-electron chi connectivity index (χ0n) is 12.8. The molecule has 0 radical (unpaired) electrons. The number of anilines is 2. The standard InChI is InChI=1S/C14H26N6/c1-4-6-12-16-13(18-15)9-14(17-12)20-8-5-7-11(10-20)19(2)3/h9,11H,4-8,10,15H2,1-3H3,(H,16,17,18). The van der Waals surface area contributed by atoms with Crippen molar-refractivity contribution in [3.8, 4) is 0 Å². The molecule has 3 N–H and O–H groups in total. The number of rotatable bonds is 5. The molecule has 6 heteroatoms. The normalized spacial score (nSPS) is 19.4. The number of aromatic nitrogens is 2. The average Bonchev–Trinajstić information content (AvgIpc) is 2.47. The molecule has 1 aromatic heterocycles. The zero-order chi connectivity index (χ0) is 14.5. The van der Waals surface area contributed by atoms with Crippen LogP contribution in [-0.4, -0.2) is 48.1 Å². The number of nitrogens with one attached hydrogen (secondary N) is 1. The fourth-order valence-electron chi connectivity index (χ4n) is 2.64.